The summed E-state index contributed by atoms with van der Waals surface area (Å²) in [6.45, 7) is 0.482. The van der Waals surface area contributed by atoms with Gasteiger partial charge in [-0.25, -0.2) is 4.79 Å². The molecule has 1 aliphatic heterocycles. The number of carbonyl (C=O) groups excluding carboxylic acids is 2. The van der Waals surface area contributed by atoms with E-state index >= 15 is 0 Å². The van der Waals surface area contributed by atoms with Crippen molar-refractivity contribution in [1.29, 1.82) is 0 Å². The zero-order chi connectivity index (χ0) is 15.2. The third-order valence-electron chi connectivity index (χ3n) is 3.28. The van der Waals surface area contributed by atoms with Crippen LogP contribution in [0.2, 0.25) is 0 Å². The van der Waals surface area contributed by atoms with Crippen LogP contribution in [0.25, 0.3) is 0 Å². The molecule has 1 aromatic rings. The highest BCUT2D eigenvalue weighted by Gasteiger charge is 2.24. The number of benzene rings is 1. The minimum absolute atomic E-state index is 0.0409. The third-order valence-corrected chi connectivity index (χ3v) is 3.90. The molecule has 0 saturated heterocycles. The van der Waals surface area contributed by atoms with Crippen molar-refractivity contribution in [2.45, 2.75) is 18.9 Å². The fraction of sp³-hybridized carbons (Fsp3) is 0.467. The summed E-state index contributed by atoms with van der Waals surface area (Å²) >= 11 is 1.65. The monoisotopic (exact) mass is 309 g/mol. The summed E-state index contributed by atoms with van der Waals surface area (Å²) in [6.07, 6.45) is 3.10. The first-order valence-electron chi connectivity index (χ1n) is 6.77. The van der Waals surface area contributed by atoms with Crippen LogP contribution in [0.3, 0.4) is 0 Å². The van der Waals surface area contributed by atoms with Gasteiger partial charge >= 0.3 is 5.97 Å². The number of carbonyl (C=O) groups is 2. The van der Waals surface area contributed by atoms with E-state index in [9.17, 15) is 9.59 Å². The number of amides is 1. The lowest BCUT2D eigenvalue weighted by Crippen LogP contribution is -2.34. The molecule has 6 heteroatoms. The highest BCUT2D eigenvalue weighted by Crippen LogP contribution is 2.29. The van der Waals surface area contributed by atoms with Gasteiger partial charge in [0, 0.05) is 18.6 Å². The largest absolute Gasteiger partial charge is 0.488 e. The van der Waals surface area contributed by atoms with Crippen molar-refractivity contribution in [2.24, 2.45) is 0 Å². The Hall–Kier alpha value is -1.69. The van der Waals surface area contributed by atoms with Crippen LogP contribution >= 0.6 is 11.8 Å². The van der Waals surface area contributed by atoms with Gasteiger partial charge in [-0.3, -0.25) is 4.79 Å². The summed E-state index contributed by atoms with van der Waals surface area (Å²) in [7, 11) is 1.36. The zero-order valence-electron chi connectivity index (χ0n) is 12.2. The van der Waals surface area contributed by atoms with E-state index in [1.165, 1.54) is 7.11 Å². The third kappa shape index (κ3) is 4.14. The molecule has 1 aliphatic rings. The summed E-state index contributed by atoms with van der Waals surface area (Å²) in [5.41, 5.74) is 1.49. The summed E-state index contributed by atoms with van der Waals surface area (Å²) in [5, 5.41) is 2.87. The van der Waals surface area contributed by atoms with Gasteiger partial charge in [-0.1, -0.05) is 0 Å². The van der Waals surface area contributed by atoms with Crippen LogP contribution in [0.5, 0.6) is 5.75 Å². The fourth-order valence-corrected chi connectivity index (χ4v) is 2.58. The maximum Gasteiger partial charge on any atom is 0.337 e. The minimum atomic E-state index is -0.355. The van der Waals surface area contributed by atoms with E-state index in [2.05, 4.69) is 5.32 Å². The number of hydrogen-bond donors (Lipinski definition) is 1. The highest BCUT2D eigenvalue weighted by molar-refractivity contribution is 7.98. The molecule has 0 aromatic heterocycles. The van der Waals surface area contributed by atoms with Gasteiger partial charge in [0.25, 0.3) is 0 Å². The summed E-state index contributed by atoms with van der Waals surface area (Å²) in [6, 6.07) is 5.25. The molecule has 0 spiro atoms. The van der Waals surface area contributed by atoms with Crippen LogP contribution in [0.15, 0.2) is 18.2 Å². The predicted octanol–water partition coefficient (Wildman–Crippen LogP) is 1.65. The first kappa shape index (κ1) is 15.7. The number of nitrogens with one attached hydrogen (secondary N) is 1. The average Bonchev–Trinajstić information content (AvgIpc) is 2.91. The van der Waals surface area contributed by atoms with Gasteiger partial charge in [-0.05, 0) is 30.0 Å². The molecule has 1 N–H and O–H groups in total. The topological polar surface area (TPSA) is 64.6 Å². The zero-order valence-corrected chi connectivity index (χ0v) is 13.0. The first-order chi connectivity index (χ1) is 10.1. The Bertz CT molecular complexity index is 532. The van der Waals surface area contributed by atoms with E-state index < -0.39 is 0 Å². The molecule has 21 heavy (non-hydrogen) atoms. The van der Waals surface area contributed by atoms with Crippen LogP contribution in [-0.4, -0.2) is 43.6 Å². The number of ether oxygens (including phenoxy) is 2. The predicted molar refractivity (Wildman–Crippen MR) is 81.9 cm³/mol. The molecule has 1 amide bonds. The van der Waals surface area contributed by atoms with Crippen molar-refractivity contribution in [3.8, 4) is 5.75 Å². The van der Waals surface area contributed by atoms with Crippen LogP contribution in [0.1, 0.15) is 22.3 Å². The smallest absolute Gasteiger partial charge is 0.337 e. The molecule has 1 heterocycles. The Morgan fingerprint density at radius 1 is 1.48 bits per heavy atom. The molecule has 114 valence electrons. The second kappa shape index (κ2) is 7.36. The van der Waals surface area contributed by atoms with Crippen molar-refractivity contribution in [1.82, 2.24) is 5.32 Å². The molecule has 1 aromatic carbocycles. The van der Waals surface area contributed by atoms with Gasteiger partial charge in [0.15, 0.2) is 0 Å². The van der Waals surface area contributed by atoms with Crippen LogP contribution in [-0.2, 0) is 16.0 Å². The Balaban J connectivity index is 1.88. The van der Waals surface area contributed by atoms with E-state index in [1.54, 1.807) is 30.0 Å². The van der Waals surface area contributed by atoms with Crippen molar-refractivity contribution in [3.63, 3.8) is 0 Å². The number of thioether (sulfide) groups is 1. The lowest BCUT2D eigenvalue weighted by molar-refractivity contribution is -0.121. The van der Waals surface area contributed by atoms with E-state index in [-0.39, 0.29) is 18.0 Å². The summed E-state index contributed by atoms with van der Waals surface area (Å²) in [5.74, 6) is 1.27. The molecule has 1 unspecified atom stereocenters. The van der Waals surface area contributed by atoms with Crippen molar-refractivity contribution in [2.75, 3.05) is 25.7 Å². The molecule has 0 fully saturated rings. The molecular weight excluding hydrogens is 290 g/mol. The number of methoxy groups -OCH3 is 1. The van der Waals surface area contributed by atoms with Gasteiger partial charge in [0.1, 0.15) is 11.9 Å². The van der Waals surface area contributed by atoms with Crippen LogP contribution < -0.4 is 10.1 Å². The molecule has 0 bridgehead atoms. The molecular formula is C15H19NO4S. The molecule has 5 nitrogen and oxygen atoms in total. The number of hydrogen-bond acceptors (Lipinski definition) is 5. The van der Waals surface area contributed by atoms with Gasteiger partial charge in [0.05, 0.1) is 19.2 Å². The maximum atomic E-state index is 11.6. The van der Waals surface area contributed by atoms with E-state index in [0.717, 1.165) is 17.1 Å². The van der Waals surface area contributed by atoms with E-state index in [1.807, 2.05) is 6.26 Å². The average molecular weight is 309 g/mol. The second-order valence-corrected chi connectivity index (χ2v) is 5.79. The second-order valence-electron chi connectivity index (χ2n) is 4.80. The van der Waals surface area contributed by atoms with Gasteiger partial charge in [-0.15, -0.1) is 0 Å². The molecule has 0 radical (unpaired) electrons. The SMILES string of the molecule is COC(=O)c1ccc2c(c1)CC(CNC(=O)CCSC)O2. The lowest BCUT2D eigenvalue weighted by atomic mass is 10.1. The summed E-state index contributed by atoms with van der Waals surface area (Å²) in [4.78, 5) is 23.1. The summed E-state index contributed by atoms with van der Waals surface area (Å²) < 4.78 is 10.5. The Morgan fingerprint density at radius 3 is 3.00 bits per heavy atom. The van der Waals surface area contributed by atoms with Crippen LogP contribution in [0, 0.1) is 0 Å². The Morgan fingerprint density at radius 2 is 2.29 bits per heavy atom. The molecule has 0 saturated carbocycles. The standard InChI is InChI=1S/C15H19NO4S/c1-19-15(18)10-3-4-13-11(7-10)8-12(20-13)9-16-14(17)5-6-21-2/h3-4,7,12H,5-6,8-9H2,1-2H3,(H,16,17). The lowest BCUT2D eigenvalue weighted by Gasteiger charge is -2.11. The fourth-order valence-electron chi connectivity index (χ4n) is 2.19. The Kier molecular flexibility index (Phi) is 5.50. The van der Waals surface area contributed by atoms with Crippen molar-refractivity contribution >= 4 is 23.6 Å². The first-order valence-corrected chi connectivity index (χ1v) is 8.17. The van der Waals surface area contributed by atoms with Gasteiger partial charge < -0.3 is 14.8 Å². The maximum absolute atomic E-state index is 11.6. The Labute approximate surface area is 128 Å². The van der Waals surface area contributed by atoms with E-state index in [0.29, 0.717) is 24.9 Å². The molecule has 2 rings (SSSR count). The molecule has 0 aliphatic carbocycles. The molecule has 1 atom stereocenters. The quantitative estimate of drug-likeness (QED) is 0.809. The van der Waals surface area contributed by atoms with Crippen LogP contribution in [0.4, 0.5) is 0 Å². The van der Waals surface area contributed by atoms with Crippen molar-refractivity contribution < 1.29 is 19.1 Å². The highest BCUT2D eigenvalue weighted by atomic mass is 32.2. The van der Waals surface area contributed by atoms with Gasteiger partial charge in [0.2, 0.25) is 5.91 Å². The van der Waals surface area contributed by atoms with E-state index in [4.69, 9.17) is 9.47 Å². The number of esters is 1. The van der Waals surface area contributed by atoms with Crippen molar-refractivity contribution in [3.05, 3.63) is 29.3 Å². The number of rotatable bonds is 6. The normalized spacial score (nSPS) is 16.0. The minimum Gasteiger partial charge on any atom is -0.488 e. The number of fused-ring (bicyclic) bond motifs is 1. The van der Waals surface area contributed by atoms with Gasteiger partial charge in [-0.2, -0.15) is 11.8 Å².